The van der Waals surface area contributed by atoms with Crippen LogP contribution in [0.2, 0.25) is 0 Å². The third-order valence-corrected chi connectivity index (χ3v) is 8.23. The molecule has 4 heteroatoms. The first-order chi connectivity index (χ1) is 14.0. The molecule has 1 heterocycles. The molecular weight excluding hydrogens is 364 g/mol. The second kappa shape index (κ2) is 7.16. The Hall–Kier alpha value is -1.81. The maximum absolute atomic E-state index is 12.5. The summed E-state index contributed by atoms with van der Waals surface area (Å²) in [4.78, 5) is 12.5. The molecule has 5 unspecified atom stereocenters. The molecule has 29 heavy (non-hydrogen) atoms. The molecule has 1 saturated heterocycles. The topological polar surface area (TPSA) is 55.8 Å². The van der Waals surface area contributed by atoms with E-state index in [-0.39, 0.29) is 23.2 Å². The number of fused-ring (bicyclic) bond motifs is 2. The maximum Gasteiger partial charge on any atom is 0.312 e. The first-order valence-electron chi connectivity index (χ1n) is 11.3. The Morgan fingerprint density at radius 1 is 1.17 bits per heavy atom. The number of hydrogen-bond donors (Lipinski definition) is 1. The largest absolute Gasteiger partial charge is 0.455 e. The Balaban J connectivity index is 1.33. The molecule has 2 saturated carbocycles. The average Bonchev–Trinajstić information content (AvgIpc) is 3.03. The van der Waals surface area contributed by atoms with Crippen molar-refractivity contribution in [2.24, 2.45) is 23.2 Å². The molecule has 0 bridgehead atoms. The van der Waals surface area contributed by atoms with E-state index in [1.54, 1.807) is 0 Å². The lowest BCUT2D eigenvalue weighted by Gasteiger charge is -2.51. The first-order valence-corrected chi connectivity index (χ1v) is 11.3. The summed E-state index contributed by atoms with van der Waals surface area (Å²) in [6, 6.07) is 0. The standard InChI is InChI=1S/C25H32O4/c1-24(12-5-2-6-13-24)25(27)14-11-20-21(16-25)23(29-22(20)26)28-19-10-9-17-7-3-4-8-18(17)15-19/h3-4,7-8,10,15,17,20-21,23,27H,2,5-6,9,11-14,16H2,1H3. The number of cyclic esters (lactones) is 1. The zero-order valence-electron chi connectivity index (χ0n) is 17.3. The molecule has 0 aromatic rings. The Bertz CT molecular complexity index is 798. The number of allylic oxidation sites excluding steroid dienone is 7. The number of ether oxygens (including phenoxy) is 2. The quantitative estimate of drug-likeness (QED) is 0.685. The molecule has 0 radical (unpaired) electrons. The molecule has 5 rings (SSSR count). The lowest BCUT2D eigenvalue weighted by molar-refractivity contribution is -0.167. The fourth-order valence-electron chi connectivity index (χ4n) is 6.22. The van der Waals surface area contributed by atoms with Crippen molar-refractivity contribution in [1.29, 1.82) is 0 Å². The Kier molecular flexibility index (Phi) is 4.73. The van der Waals surface area contributed by atoms with Gasteiger partial charge >= 0.3 is 5.97 Å². The van der Waals surface area contributed by atoms with Gasteiger partial charge in [-0.05, 0) is 61.7 Å². The van der Waals surface area contributed by atoms with Crippen LogP contribution in [0.1, 0.15) is 64.7 Å². The summed E-state index contributed by atoms with van der Waals surface area (Å²) >= 11 is 0. The molecular formula is C25H32O4. The van der Waals surface area contributed by atoms with Crippen LogP contribution in [-0.4, -0.2) is 23.0 Å². The highest BCUT2D eigenvalue weighted by Gasteiger charge is 2.58. The zero-order chi connectivity index (χ0) is 20.1. The normalized spacial score (nSPS) is 40.4. The number of carbonyl (C=O) groups is 1. The second-order valence-electron chi connectivity index (χ2n) is 9.93. The van der Waals surface area contributed by atoms with E-state index >= 15 is 0 Å². The minimum atomic E-state index is -0.731. The fraction of sp³-hybridized carbons (Fsp3) is 0.640. The molecule has 0 aromatic heterocycles. The summed E-state index contributed by atoms with van der Waals surface area (Å²) < 4.78 is 11.9. The van der Waals surface area contributed by atoms with E-state index in [1.807, 2.05) is 6.08 Å². The van der Waals surface area contributed by atoms with Gasteiger partial charge < -0.3 is 14.6 Å². The van der Waals surface area contributed by atoms with Gasteiger partial charge in [-0.1, -0.05) is 50.5 Å². The second-order valence-corrected chi connectivity index (χ2v) is 9.93. The van der Waals surface area contributed by atoms with Crippen molar-refractivity contribution in [2.45, 2.75) is 76.6 Å². The van der Waals surface area contributed by atoms with E-state index in [1.165, 1.54) is 24.8 Å². The van der Waals surface area contributed by atoms with Gasteiger partial charge in [-0.25, -0.2) is 0 Å². The van der Waals surface area contributed by atoms with Crippen molar-refractivity contribution in [3.05, 3.63) is 47.8 Å². The minimum absolute atomic E-state index is 0.0645. The Morgan fingerprint density at radius 3 is 2.83 bits per heavy atom. The molecule has 3 fully saturated rings. The van der Waals surface area contributed by atoms with E-state index in [0.29, 0.717) is 25.2 Å². The molecule has 5 atom stereocenters. The molecule has 5 aliphatic rings. The third-order valence-electron chi connectivity index (χ3n) is 8.23. The van der Waals surface area contributed by atoms with Crippen LogP contribution >= 0.6 is 0 Å². The van der Waals surface area contributed by atoms with Crippen molar-refractivity contribution in [3.8, 4) is 0 Å². The first kappa shape index (κ1) is 19.2. The van der Waals surface area contributed by atoms with Gasteiger partial charge in [0, 0.05) is 11.8 Å². The SMILES string of the molecule is CC1(C2(O)CCC3C(=O)OC(OC4=CCC5C=CC=CC5=C4)C3C2)CCCCC1. The third kappa shape index (κ3) is 3.30. The van der Waals surface area contributed by atoms with Gasteiger partial charge in [-0.3, -0.25) is 4.79 Å². The van der Waals surface area contributed by atoms with E-state index in [2.05, 4.69) is 37.3 Å². The van der Waals surface area contributed by atoms with Gasteiger partial charge in [-0.15, -0.1) is 0 Å². The van der Waals surface area contributed by atoms with Gasteiger partial charge in [0.05, 0.1) is 11.5 Å². The summed E-state index contributed by atoms with van der Waals surface area (Å²) in [6.07, 6.45) is 20.7. The van der Waals surface area contributed by atoms with Crippen LogP contribution in [-0.2, 0) is 14.3 Å². The predicted octanol–water partition coefficient (Wildman–Crippen LogP) is 4.96. The number of esters is 1. The van der Waals surface area contributed by atoms with Crippen LogP contribution in [0, 0.1) is 23.2 Å². The van der Waals surface area contributed by atoms with Crippen molar-refractivity contribution in [1.82, 2.24) is 0 Å². The van der Waals surface area contributed by atoms with E-state index in [9.17, 15) is 9.90 Å². The number of carbonyl (C=O) groups excluding carboxylic acids is 1. The van der Waals surface area contributed by atoms with Gasteiger partial charge in [0.15, 0.2) is 0 Å². The van der Waals surface area contributed by atoms with Crippen LogP contribution in [0.4, 0.5) is 0 Å². The van der Waals surface area contributed by atoms with Crippen LogP contribution in [0.15, 0.2) is 47.8 Å². The van der Waals surface area contributed by atoms with Gasteiger partial charge in [0.2, 0.25) is 6.29 Å². The summed E-state index contributed by atoms with van der Waals surface area (Å²) in [5.41, 5.74) is 0.442. The molecule has 0 aromatic carbocycles. The van der Waals surface area contributed by atoms with Crippen molar-refractivity contribution < 1.29 is 19.4 Å². The van der Waals surface area contributed by atoms with Gasteiger partial charge in [-0.2, -0.15) is 0 Å². The lowest BCUT2D eigenvalue weighted by Crippen LogP contribution is -2.53. The number of rotatable bonds is 3. The van der Waals surface area contributed by atoms with Crippen LogP contribution in [0.5, 0.6) is 0 Å². The zero-order valence-corrected chi connectivity index (χ0v) is 17.3. The smallest absolute Gasteiger partial charge is 0.312 e. The van der Waals surface area contributed by atoms with Gasteiger partial charge in [0.25, 0.3) is 0 Å². The Morgan fingerprint density at radius 2 is 2.00 bits per heavy atom. The molecule has 4 nitrogen and oxygen atoms in total. The summed E-state index contributed by atoms with van der Waals surface area (Å²) in [5.74, 6) is 0.830. The number of hydrogen-bond acceptors (Lipinski definition) is 4. The van der Waals surface area contributed by atoms with E-state index in [4.69, 9.17) is 9.47 Å². The highest BCUT2D eigenvalue weighted by Crippen LogP contribution is 2.55. The molecule has 0 spiro atoms. The van der Waals surface area contributed by atoms with E-state index < -0.39 is 11.9 Å². The monoisotopic (exact) mass is 396 g/mol. The highest BCUT2D eigenvalue weighted by molar-refractivity contribution is 5.75. The molecule has 1 N–H and O–H groups in total. The highest BCUT2D eigenvalue weighted by atomic mass is 16.7. The van der Waals surface area contributed by atoms with Crippen molar-refractivity contribution in [2.75, 3.05) is 0 Å². The fourth-order valence-corrected chi connectivity index (χ4v) is 6.22. The molecule has 4 aliphatic carbocycles. The van der Waals surface area contributed by atoms with Crippen molar-refractivity contribution in [3.63, 3.8) is 0 Å². The summed E-state index contributed by atoms with van der Waals surface area (Å²) in [5, 5.41) is 11.7. The average molecular weight is 397 g/mol. The maximum atomic E-state index is 12.5. The molecule has 1 aliphatic heterocycles. The van der Waals surface area contributed by atoms with Crippen LogP contribution in [0.25, 0.3) is 0 Å². The summed E-state index contributed by atoms with van der Waals surface area (Å²) in [7, 11) is 0. The Labute approximate surface area is 173 Å². The van der Waals surface area contributed by atoms with Crippen molar-refractivity contribution >= 4 is 5.97 Å². The summed E-state index contributed by atoms with van der Waals surface area (Å²) in [6.45, 7) is 2.25. The predicted molar refractivity (Wildman–Crippen MR) is 110 cm³/mol. The minimum Gasteiger partial charge on any atom is -0.455 e. The van der Waals surface area contributed by atoms with Crippen LogP contribution < -0.4 is 0 Å². The lowest BCUT2D eigenvalue weighted by atomic mass is 9.57. The number of aliphatic hydroxyl groups is 1. The van der Waals surface area contributed by atoms with Crippen LogP contribution in [0.3, 0.4) is 0 Å². The molecule has 156 valence electrons. The van der Waals surface area contributed by atoms with Gasteiger partial charge in [0.1, 0.15) is 5.76 Å². The van der Waals surface area contributed by atoms with E-state index in [0.717, 1.165) is 25.0 Å². The molecule has 0 amide bonds.